The van der Waals surface area contributed by atoms with Gasteiger partial charge in [-0.05, 0) is 79.9 Å². The summed E-state index contributed by atoms with van der Waals surface area (Å²) in [6, 6.07) is 24.2. The van der Waals surface area contributed by atoms with Crippen LogP contribution in [0.25, 0.3) is 22.2 Å². The number of benzene rings is 3. The van der Waals surface area contributed by atoms with Gasteiger partial charge in [0.15, 0.2) is 5.82 Å². The Kier molecular flexibility index (Phi) is 10.6. The Labute approximate surface area is 347 Å². The first-order chi connectivity index (χ1) is 29.0. The molecule has 312 valence electrons. The number of fused-ring (bicyclic) bond motifs is 1. The third-order valence-electron chi connectivity index (χ3n) is 12.6. The highest BCUT2D eigenvalue weighted by molar-refractivity contribution is 6.06. The van der Waals surface area contributed by atoms with Crippen molar-refractivity contribution in [3.8, 4) is 17.0 Å². The minimum atomic E-state index is -1.35. The number of amides is 4. The van der Waals surface area contributed by atoms with E-state index in [0.717, 1.165) is 48.1 Å². The van der Waals surface area contributed by atoms with Gasteiger partial charge in [-0.1, -0.05) is 24.3 Å². The summed E-state index contributed by atoms with van der Waals surface area (Å²) in [4.78, 5) is 45.3. The summed E-state index contributed by atoms with van der Waals surface area (Å²) in [5.41, 5.74) is 10.1. The predicted molar refractivity (Wildman–Crippen MR) is 227 cm³/mol. The van der Waals surface area contributed by atoms with Crippen molar-refractivity contribution in [2.24, 2.45) is 0 Å². The molecule has 4 amide bonds. The Bertz CT molecular complexity index is 2410. The Balaban J connectivity index is 0.770. The molecule has 2 aromatic heterocycles. The number of nitrogens with two attached hydrogens (primary N) is 1. The highest BCUT2D eigenvalue weighted by atomic mass is 19.1. The van der Waals surface area contributed by atoms with Crippen LogP contribution in [0.5, 0.6) is 5.75 Å². The van der Waals surface area contributed by atoms with Gasteiger partial charge in [-0.25, -0.2) is 9.18 Å². The first kappa shape index (κ1) is 39.4. The van der Waals surface area contributed by atoms with Gasteiger partial charge in [0.1, 0.15) is 17.5 Å². The zero-order valence-electron chi connectivity index (χ0n) is 33.7. The Morgan fingerprint density at radius 2 is 1.72 bits per heavy atom. The van der Waals surface area contributed by atoms with E-state index in [9.17, 15) is 19.5 Å². The van der Waals surface area contributed by atoms with Crippen molar-refractivity contribution in [1.82, 2.24) is 29.9 Å². The summed E-state index contributed by atoms with van der Waals surface area (Å²) in [5.74, 6) is 0.0482. The maximum Gasteiger partial charge on any atom is 0.328 e. The summed E-state index contributed by atoms with van der Waals surface area (Å²) < 4.78 is 25.0. The number of hydrogen-bond acceptors (Lipinski definition) is 10. The van der Waals surface area contributed by atoms with E-state index in [1.165, 1.54) is 0 Å². The Morgan fingerprint density at radius 1 is 0.950 bits per heavy atom. The molecule has 60 heavy (non-hydrogen) atoms. The number of anilines is 3. The standard InChI is InChI=1S/C45H50FN9O5/c1-29-26-53(38-25-36(49-50-42(38)47)35-4-2-3-5-39(35)56)27-40(60-29)30-6-8-31(9-7-30)43(58)52-22-16-45(46,17-23-52)28-51-18-13-33(14-19-51)54-20-12-32-24-34(10-11-37(32)54)55-21-15-41(57)48-44(55)59/h2-12,20,24-25,29,33,40,56H,13-19,21-23,26-28H2,1H3,(H2,47,50)(H,48,57,59)/t29-,40-/m0/s1. The molecule has 4 aliphatic heterocycles. The third kappa shape index (κ3) is 7.98. The summed E-state index contributed by atoms with van der Waals surface area (Å²) in [6.07, 6.45) is 4.37. The van der Waals surface area contributed by atoms with Crippen LogP contribution < -0.4 is 20.9 Å². The van der Waals surface area contributed by atoms with E-state index in [2.05, 4.69) is 42.1 Å². The predicted octanol–water partition coefficient (Wildman–Crippen LogP) is 6.08. The lowest BCUT2D eigenvalue weighted by molar-refractivity contribution is -0.120. The molecule has 4 aliphatic rings. The van der Waals surface area contributed by atoms with Crippen molar-refractivity contribution in [2.75, 3.05) is 67.9 Å². The van der Waals surface area contributed by atoms with Crippen molar-refractivity contribution in [3.05, 3.63) is 96.2 Å². The summed E-state index contributed by atoms with van der Waals surface area (Å²) in [7, 11) is 0. The van der Waals surface area contributed by atoms with E-state index in [4.69, 9.17) is 10.5 Å². The molecule has 0 unspecified atom stereocenters. The fourth-order valence-corrected chi connectivity index (χ4v) is 9.29. The molecular weight excluding hydrogens is 766 g/mol. The van der Waals surface area contributed by atoms with E-state index >= 15 is 4.39 Å². The van der Waals surface area contributed by atoms with Crippen LogP contribution in [0.1, 0.15) is 67.1 Å². The van der Waals surface area contributed by atoms with Gasteiger partial charge in [-0.3, -0.25) is 19.8 Å². The minimum absolute atomic E-state index is 0.100. The molecule has 3 aromatic carbocycles. The number of nitrogen functional groups attached to an aromatic ring is 1. The largest absolute Gasteiger partial charge is 0.507 e. The summed E-state index contributed by atoms with van der Waals surface area (Å²) in [5, 5.41) is 22.2. The molecular formula is C45H50FN9O5. The van der Waals surface area contributed by atoms with Gasteiger partial charge < -0.3 is 34.8 Å². The molecule has 5 aromatic rings. The van der Waals surface area contributed by atoms with Crippen LogP contribution >= 0.6 is 0 Å². The van der Waals surface area contributed by atoms with Crippen molar-refractivity contribution in [1.29, 1.82) is 0 Å². The molecule has 14 nitrogen and oxygen atoms in total. The van der Waals surface area contributed by atoms with E-state index < -0.39 is 11.7 Å². The van der Waals surface area contributed by atoms with E-state index in [-0.39, 0.29) is 48.1 Å². The summed E-state index contributed by atoms with van der Waals surface area (Å²) >= 11 is 0. The van der Waals surface area contributed by atoms with Crippen LogP contribution in [0.4, 0.5) is 26.4 Å². The van der Waals surface area contributed by atoms with Crippen LogP contribution in [0.2, 0.25) is 0 Å². The second kappa shape index (κ2) is 16.2. The SMILES string of the molecule is C[C@H]1CN(c2cc(-c3ccccc3O)nnc2N)C[C@@H](c2ccc(C(=O)N3CCC(F)(CN4CCC(n5ccc6cc(N7CCC(=O)NC7=O)ccc65)CC4)CC3)cc2)O1. The van der Waals surface area contributed by atoms with Crippen LogP contribution in [0.3, 0.4) is 0 Å². The molecule has 6 heterocycles. The lowest BCUT2D eigenvalue weighted by atomic mass is 9.91. The highest BCUT2D eigenvalue weighted by Gasteiger charge is 2.39. The van der Waals surface area contributed by atoms with Crippen LogP contribution in [0, 0.1) is 0 Å². The van der Waals surface area contributed by atoms with Gasteiger partial charge in [0.2, 0.25) is 5.91 Å². The number of ether oxygens (including phenoxy) is 1. The average molecular weight is 816 g/mol. The Morgan fingerprint density at radius 3 is 2.47 bits per heavy atom. The number of nitrogens with one attached hydrogen (secondary N) is 1. The van der Waals surface area contributed by atoms with Crippen molar-refractivity contribution in [2.45, 2.75) is 62.9 Å². The smallest absolute Gasteiger partial charge is 0.328 e. The van der Waals surface area contributed by atoms with Gasteiger partial charge >= 0.3 is 6.03 Å². The number of likely N-dealkylation sites (tertiary alicyclic amines) is 2. The number of para-hydroxylation sites is 1. The number of aromatic nitrogens is 3. The quantitative estimate of drug-likeness (QED) is 0.167. The number of aromatic hydroxyl groups is 1. The number of morpholine rings is 1. The zero-order chi connectivity index (χ0) is 41.5. The number of rotatable bonds is 8. The number of urea groups is 1. The molecule has 0 bridgehead atoms. The monoisotopic (exact) mass is 815 g/mol. The maximum absolute atomic E-state index is 16.3. The second-order valence-electron chi connectivity index (χ2n) is 16.7. The normalized spacial score (nSPS) is 21.7. The van der Waals surface area contributed by atoms with Crippen LogP contribution in [-0.2, 0) is 9.53 Å². The summed E-state index contributed by atoms with van der Waals surface area (Å²) in [6.45, 7) is 6.13. The van der Waals surface area contributed by atoms with E-state index in [0.29, 0.717) is 74.6 Å². The number of carbonyl (C=O) groups is 3. The second-order valence-corrected chi connectivity index (χ2v) is 16.7. The van der Waals surface area contributed by atoms with Crippen molar-refractivity contribution < 1.29 is 28.6 Å². The molecule has 0 saturated carbocycles. The first-order valence-electron chi connectivity index (χ1n) is 20.8. The number of hydrogen-bond donors (Lipinski definition) is 3. The molecule has 0 spiro atoms. The number of phenols is 1. The number of nitrogens with zero attached hydrogens (tertiary/aromatic N) is 7. The fraction of sp³-hybridized carbons (Fsp3) is 0.400. The number of alkyl halides is 1. The number of halogens is 1. The van der Waals surface area contributed by atoms with Crippen molar-refractivity contribution in [3.63, 3.8) is 0 Å². The van der Waals surface area contributed by atoms with E-state index in [1.807, 2.05) is 61.5 Å². The number of phenolic OH excluding ortho intramolecular Hbond substituents is 1. The van der Waals surface area contributed by atoms with Gasteiger partial charge in [-0.15, -0.1) is 10.2 Å². The molecule has 2 atom stereocenters. The number of imide groups is 1. The average Bonchev–Trinajstić information content (AvgIpc) is 3.68. The minimum Gasteiger partial charge on any atom is -0.507 e. The molecule has 0 aliphatic carbocycles. The molecule has 9 rings (SSSR count). The van der Waals surface area contributed by atoms with Gasteiger partial charge in [0.25, 0.3) is 5.91 Å². The molecule has 4 fully saturated rings. The van der Waals surface area contributed by atoms with Crippen LogP contribution in [0.15, 0.2) is 85.1 Å². The lowest BCUT2D eigenvalue weighted by Crippen LogP contribution is -2.51. The number of carbonyl (C=O) groups excluding carboxylic acids is 3. The lowest BCUT2D eigenvalue weighted by Gasteiger charge is -2.41. The van der Waals surface area contributed by atoms with Gasteiger partial charge in [0.05, 0.1) is 17.5 Å². The molecule has 0 radical (unpaired) electrons. The van der Waals surface area contributed by atoms with Crippen LogP contribution in [-0.4, -0.2) is 112 Å². The first-order valence-corrected chi connectivity index (χ1v) is 20.8. The van der Waals surface area contributed by atoms with E-state index in [1.54, 1.807) is 28.0 Å². The molecule has 4 saturated heterocycles. The van der Waals surface area contributed by atoms with Gasteiger partial charge in [-0.2, -0.15) is 0 Å². The van der Waals surface area contributed by atoms with Gasteiger partial charge in [0, 0.05) is 112 Å². The zero-order valence-corrected chi connectivity index (χ0v) is 33.7. The fourth-order valence-electron chi connectivity index (χ4n) is 9.29. The topological polar surface area (TPSA) is 162 Å². The molecule has 4 N–H and O–H groups in total. The maximum atomic E-state index is 16.3. The van der Waals surface area contributed by atoms with Crippen molar-refractivity contribution >= 4 is 45.9 Å². The third-order valence-corrected chi connectivity index (χ3v) is 12.6. The Hall–Kier alpha value is -6.06. The highest BCUT2D eigenvalue weighted by Crippen LogP contribution is 2.37. The molecule has 15 heteroatoms. The number of piperidine rings is 2.